The van der Waals surface area contributed by atoms with Crippen molar-refractivity contribution in [2.45, 2.75) is 119 Å². The normalized spacial score (nSPS) is 21.6. The molecule has 464 valence electrons. The number of aldehydes is 1. The predicted octanol–water partition coefficient (Wildman–Crippen LogP) is 3.77. The summed E-state index contributed by atoms with van der Waals surface area (Å²) in [6.45, 7) is 7.62. The minimum Gasteiger partial charge on any atom is -0.491 e. The Balaban J connectivity index is 0.737. The SMILES string of the molecule is CC(=O)NC1C(O)CC(C=O)(OCCCSCCNC(=O)c2ccc(C)c(OCCOCCOCCOCCOCCOCCCC(=O)CCCCC3SCC4NC(=O)NC43)c2)OC1[C@H](O)[C@@H](O)CNC(=O)c1ccc(-c2ccccc2)cc1. The number of benzene rings is 3. The number of ether oxygens (including phenoxy) is 8. The Hall–Kier alpha value is -5.22. The van der Waals surface area contributed by atoms with Crippen LogP contribution in [0.4, 0.5) is 4.79 Å². The van der Waals surface area contributed by atoms with E-state index >= 15 is 0 Å². The van der Waals surface area contributed by atoms with E-state index in [0.29, 0.717) is 138 Å². The van der Waals surface area contributed by atoms with Crippen LogP contribution in [0.2, 0.25) is 0 Å². The second-order valence-electron chi connectivity index (χ2n) is 20.7. The van der Waals surface area contributed by atoms with E-state index in [0.717, 1.165) is 41.7 Å². The summed E-state index contributed by atoms with van der Waals surface area (Å²) >= 11 is 3.45. The quantitative estimate of drug-likeness (QED) is 0.0228. The Bertz CT molecular complexity index is 2490. The van der Waals surface area contributed by atoms with Gasteiger partial charge in [0.1, 0.15) is 30.3 Å². The number of fused-ring (bicyclic) bond motifs is 1. The molecule has 24 heteroatoms. The summed E-state index contributed by atoms with van der Waals surface area (Å²) < 4.78 is 45.7. The maximum atomic E-state index is 13.0. The van der Waals surface area contributed by atoms with Crippen molar-refractivity contribution < 1.29 is 82.0 Å². The maximum Gasteiger partial charge on any atom is 0.315 e. The second kappa shape index (κ2) is 37.4. The highest BCUT2D eigenvalue weighted by Crippen LogP contribution is 2.34. The number of unbranched alkanes of at least 4 members (excludes halogenated alkanes) is 1. The number of hydrogen-bond acceptors (Lipinski definition) is 19. The van der Waals surface area contributed by atoms with Crippen molar-refractivity contribution in [3.8, 4) is 16.9 Å². The molecule has 3 aromatic carbocycles. The second-order valence-corrected chi connectivity index (χ2v) is 23.2. The number of Topliss-reactive ketones (excluding diaryl/α,β-unsaturated/α-hetero) is 1. The number of rotatable bonds is 42. The number of ketones is 1. The van der Waals surface area contributed by atoms with Crippen LogP contribution in [0.3, 0.4) is 0 Å². The highest BCUT2D eigenvalue weighted by molar-refractivity contribution is 8.00. The van der Waals surface area contributed by atoms with Gasteiger partial charge in [-0.3, -0.25) is 24.0 Å². The number of thioether (sulfide) groups is 2. The van der Waals surface area contributed by atoms with Crippen LogP contribution in [0.15, 0.2) is 72.8 Å². The first-order chi connectivity index (χ1) is 40.8. The van der Waals surface area contributed by atoms with Crippen molar-refractivity contribution in [1.82, 2.24) is 26.6 Å². The van der Waals surface area contributed by atoms with Gasteiger partial charge in [-0.05, 0) is 79.3 Å². The van der Waals surface area contributed by atoms with Gasteiger partial charge in [0.2, 0.25) is 11.7 Å². The summed E-state index contributed by atoms with van der Waals surface area (Å²) in [4.78, 5) is 74.4. The molecule has 0 aliphatic carbocycles. The van der Waals surface area contributed by atoms with Crippen LogP contribution >= 0.6 is 23.5 Å². The van der Waals surface area contributed by atoms with Crippen LogP contribution in [-0.4, -0.2) is 214 Å². The van der Waals surface area contributed by atoms with Gasteiger partial charge < -0.3 is 79.8 Å². The number of carbonyl (C=O) groups is 6. The zero-order valence-electron chi connectivity index (χ0n) is 48.2. The minimum absolute atomic E-state index is 0.0256. The van der Waals surface area contributed by atoms with Gasteiger partial charge >= 0.3 is 6.03 Å². The molecule has 3 fully saturated rings. The van der Waals surface area contributed by atoms with Crippen LogP contribution in [0.5, 0.6) is 5.75 Å². The lowest BCUT2D eigenvalue weighted by molar-refractivity contribution is -0.296. The van der Waals surface area contributed by atoms with E-state index in [1.165, 1.54) is 6.92 Å². The fourth-order valence-electron chi connectivity index (χ4n) is 9.71. The van der Waals surface area contributed by atoms with E-state index in [4.69, 9.17) is 37.9 Å². The highest BCUT2D eigenvalue weighted by Gasteiger charge is 2.52. The van der Waals surface area contributed by atoms with E-state index in [2.05, 4.69) is 26.6 Å². The highest BCUT2D eigenvalue weighted by atomic mass is 32.2. The van der Waals surface area contributed by atoms with Crippen LogP contribution < -0.4 is 31.3 Å². The molecule has 3 heterocycles. The molecule has 8 N–H and O–H groups in total. The van der Waals surface area contributed by atoms with Crippen molar-refractivity contribution in [1.29, 1.82) is 0 Å². The molecular weight excluding hydrogens is 1130 g/mol. The minimum atomic E-state index is -2.00. The Kier molecular flexibility index (Phi) is 30.2. The molecule has 0 spiro atoms. The van der Waals surface area contributed by atoms with E-state index < -0.39 is 54.6 Å². The molecule has 3 aliphatic rings. The number of nitrogens with one attached hydrogen (secondary N) is 5. The van der Waals surface area contributed by atoms with E-state index in [-0.39, 0.29) is 49.4 Å². The lowest BCUT2D eigenvalue weighted by Crippen LogP contribution is -2.66. The van der Waals surface area contributed by atoms with Crippen molar-refractivity contribution in [2.75, 3.05) is 110 Å². The summed E-state index contributed by atoms with van der Waals surface area (Å²) in [6, 6.07) is 20.9. The standard InChI is InChI=1S/C60H85N5O17S2/c1-41-15-16-46(36-51(41)80-33-32-79-31-30-78-29-28-77-27-26-76-25-24-75-22-8-13-47(68)12-6-7-14-52-53-48(39-84-52)64-59(74)65-53)58(73)61-21-35-83-34-9-23-81-60(40-66)37-49(69)54(63-42(2)67)56(82-60)55(71)50(70)38-62-57(72)45-19-17-44(18-20-45)43-10-4-3-5-11-43/h3-5,10-11,15-20,36,40,48-50,52-56,69-71H,6-9,12-14,21-35,37-39H2,1-2H3,(H,61,73)(H,62,72)(H,63,67)(H2,64,65,74)/t48?,49?,50-,52?,53?,54?,55+,56?,60?/m0/s1. The molecule has 6 rings (SSSR count). The lowest BCUT2D eigenvalue weighted by Gasteiger charge is -2.46. The fraction of sp³-hybridized carbons (Fsp3) is 0.600. The Morgan fingerprint density at radius 2 is 1.39 bits per heavy atom. The number of aliphatic hydroxyl groups excluding tert-OH is 3. The number of hydrogen-bond donors (Lipinski definition) is 8. The van der Waals surface area contributed by atoms with E-state index in [1.807, 2.05) is 55.1 Å². The monoisotopic (exact) mass is 1210 g/mol. The molecule has 3 aromatic rings. The molecule has 22 nitrogen and oxygen atoms in total. The van der Waals surface area contributed by atoms with Gasteiger partial charge in [-0.25, -0.2) is 4.79 Å². The summed E-state index contributed by atoms with van der Waals surface area (Å²) in [6.07, 6.45) is -1.14. The van der Waals surface area contributed by atoms with Crippen LogP contribution in [0.25, 0.3) is 11.1 Å². The van der Waals surface area contributed by atoms with Gasteiger partial charge in [-0.1, -0.05) is 55.0 Å². The molecule has 3 saturated heterocycles. The van der Waals surface area contributed by atoms with Gasteiger partial charge in [0.25, 0.3) is 11.8 Å². The number of aliphatic hydroxyl groups is 3. The van der Waals surface area contributed by atoms with Crippen LogP contribution in [0, 0.1) is 6.92 Å². The average molecular weight is 1210 g/mol. The summed E-state index contributed by atoms with van der Waals surface area (Å²) in [5.41, 5.74) is 3.53. The first-order valence-corrected chi connectivity index (χ1v) is 31.2. The summed E-state index contributed by atoms with van der Waals surface area (Å²) in [7, 11) is 0. The average Bonchev–Trinajstić information content (AvgIpc) is 3.93. The molecular formula is C60H85N5O17S2. The van der Waals surface area contributed by atoms with Crippen molar-refractivity contribution in [2.24, 2.45) is 0 Å². The molecule has 84 heavy (non-hydrogen) atoms. The third kappa shape index (κ3) is 23.2. The van der Waals surface area contributed by atoms with Gasteiger partial charge in [0.05, 0.1) is 96.4 Å². The van der Waals surface area contributed by atoms with Crippen molar-refractivity contribution in [3.63, 3.8) is 0 Å². The third-order valence-corrected chi connectivity index (χ3v) is 16.8. The Labute approximate surface area is 500 Å². The molecule has 0 aromatic heterocycles. The summed E-state index contributed by atoms with van der Waals surface area (Å²) in [5.74, 6) is -0.360. The fourth-order valence-corrected chi connectivity index (χ4v) is 12.0. The molecule has 7 unspecified atom stereocenters. The zero-order chi connectivity index (χ0) is 59.9. The smallest absolute Gasteiger partial charge is 0.315 e. The molecule has 0 saturated carbocycles. The number of carbonyl (C=O) groups excluding carboxylic acids is 6. The molecule has 0 radical (unpaired) electrons. The molecule has 5 amide bonds. The van der Waals surface area contributed by atoms with Gasteiger partial charge in [-0.15, -0.1) is 0 Å². The van der Waals surface area contributed by atoms with Crippen molar-refractivity contribution >= 4 is 59.3 Å². The Morgan fingerprint density at radius 3 is 2.07 bits per heavy atom. The van der Waals surface area contributed by atoms with Gasteiger partial charge in [-0.2, -0.15) is 23.5 Å². The number of aryl methyl sites for hydroxylation is 1. The van der Waals surface area contributed by atoms with E-state index in [9.17, 15) is 44.1 Å². The largest absolute Gasteiger partial charge is 0.491 e. The van der Waals surface area contributed by atoms with Gasteiger partial charge in [0, 0.05) is 73.8 Å². The summed E-state index contributed by atoms with van der Waals surface area (Å²) in [5, 5.41) is 47.9. The number of urea groups is 1. The first kappa shape index (κ1) is 67.9. The zero-order valence-corrected chi connectivity index (χ0v) is 49.8. The molecule has 0 bridgehead atoms. The van der Waals surface area contributed by atoms with Gasteiger partial charge in [0.15, 0.2) is 6.29 Å². The topological polar surface area (TPSA) is 297 Å². The number of amides is 5. The maximum absolute atomic E-state index is 13.0. The first-order valence-electron chi connectivity index (χ1n) is 29.0. The van der Waals surface area contributed by atoms with Crippen LogP contribution in [-0.2, 0) is 47.5 Å². The predicted molar refractivity (Wildman–Crippen MR) is 317 cm³/mol. The van der Waals surface area contributed by atoms with Crippen LogP contribution in [0.1, 0.15) is 84.6 Å². The molecule has 3 aliphatic heterocycles. The third-order valence-electron chi connectivity index (χ3n) is 14.2. The lowest BCUT2D eigenvalue weighted by atomic mass is 9.88. The molecule has 9 atom stereocenters. The Morgan fingerprint density at radius 1 is 0.762 bits per heavy atom. The van der Waals surface area contributed by atoms with Crippen molar-refractivity contribution in [3.05, 3.63) is 89.5 Å². The van der Waals surface area contributed by atoms with E-state index in [1.54, 1.807) is 48.2 Å².